The molecule has 0 unspecified atom stereocenters. The van der Waals surface area contributed by atoms with Crippen LogP contribution in [0.25, 0.3) is 0 Å². The summed E-state index contributed by atoms with van der Waals surface area (Å²) in [5, 5.41) is 23.4. The number of rotatable bonds is 5. The topological polar surface area (TPSA) is 82.0 Å². The van der Waals surface area contributed by atoms with E-state index in [1.165, 1.54) is 18.9 Å². The highest BCUT2D eigenvalue weighted by molar-refractivity contribution is 5.89. The number of anilines is 2. The summed E-state index contributed by atoms with van der Waals surface area (Å²) in [5.41, 5.74) is -1.64. The molecule has 0 saturated carbocycles. The van der Waals surface area contributed by atoms with Gasteiger partial charge < -0.3 is 25.2 Å². The number of nitrogens with one attached hydrogen (secondary N) is 1. The molecule has 21 heavy (non-hydrogen) atoms. The second-order valence-electron chi connectivity index (χ2n) is 5.89. The summed E-state index contributed by atoms with van der Waals surface area (Å²) in [6.07, 6.45) is 0. The maximum atomic E-state index is 11.2. The molecule has 1 rings (SSSR count). The Bertz CT molecular complexity index is 501. The molecule has 1 aromatic carbocycles. The van der Waals surface area contributed by atoms with Crippen LogP contribution in [0.15, 0.2) is 18.2 Å². The van der Waals surface area contributed by atoms with E-state index < -0.39 is 11.4 Å². The summed E-state index contributed by atoms with van der Waals surface area (Å²) < 4.78 is 5.30. The minimum atomic E-state index is -1.33. The molecule has 0 aliphatic carbocycles. The minimum Gasteiger partial charge on any atom is -0.495 e. The van der Waals surface area contributed by atoms with Crippen LogP contribution in [0.5, 0.6) is 5.75 Å². The number of carbonyl (C=O) groups is 1. The third-order valence-corrected chi connectivity index (χ3v) is 2.83. The van der Waals surface area contributed by atoms with Crippen LogP contribution in [-0.4, -0.2) is 34.7 Å². The van der Waals surface area contributed by atoms with E-state index in [-0.39, 0.29) is 5.91 Å². The number of methoxy groups -OCH3 is 1. The van der Waals surface area contributed by atoms with Gasteiger partial charge in [-0.3, -0.25) is 4.79 Å². The van der Waals surface area contributed by atoms with Gasteiger partial charge in [0.1, 0.15) is 17.2 Å². The Hall–Kier alpha value is -1.79. The lowest BCUT2D eigenvalue weighted by molar-refractivity contribution is -0.114. The fourth-order valence-electron chi connectivity index (χ4n) is 2.40. The van der Waals surface area contributed by atoms with Crippen molar-refractivity contribution in [2.24, 2.45) is 0 Å². The molecule has 0 heterocycles. The van der Waals surface area contributed by atoms with Crippen LogP contribution in [0.2, 0.25) is 0 Å². The summed E-state index contributed by atoms with van der Waals surface area (Å²) in [5.74, 6) is 0.275. The molecule has 1 amide bonds. The Balaban J connectivity index is 3.44. The maximum absolute atomic E-state index is 11.2. The van der Waals surface area contributed by atoms with Gasteiger partial charge in [0, 0.05) is 12.6 Å². The number of benzene rings is 1. The van der Waals surface area contributed by atoms with Gasteiger partial charge in [-0.2, -0.15) is 0 Å². The van der Waals surface area contributed by atoms with E-state index in [2.05, 4.69) is 5.32 Å². The number of carbonyl (C=O) groups excluding carboxylic acids is 1. The van der Waals surface area contributed by atoms with Crippen molar-refractivity contribution in [3.8, 4) is 5.75 Å². The fraction of sp³-hybridized carbons (Fsp3) is 0.533. The van der Waals surface area contributed by atoms with E-state index in [9.17, 15) is 15.0 Å². The molecule has 0 saturated heterocycles. The van der Waals surface area contributed by atoms with Crippen LogP contribution in [0.1, 0.15) is 34.6 Å². The lowest BCUT2D eigenvalue weighted by atomic mass is 10.1. The first-order chi connectivity index (χ1) is 9.46. The van der Waals surface area contributed by atoms with Gasteiger partial charge in [0.25, 0.3) is 0 Å². The molecular weight excluding hydrogens is 272 g/mol. The van der Waals surface area contributed by atoms with Gasteiger partial charge in [-0.1, -0.05) is 0 Å². The second kappa shape index (κ2) is 5.91. The van der Waals surface area contributed by atoms with Crippen molar-refractivity contribution < 1.29 is 19.7 Å². The molecule has 0 aromatic heterocycles. The molecule has 0 aliphatic heterocycles. The minimum absolute atomic E-state index is 0.204. The highest BCUT2D eigenvalue weighted by Crippen LogP contribution is 2.38. The number of hydrogen-bond donors (Lipinski definition) is 3. The van der Waals surface area contributed by atoms with E-state index in [0.29, 0.717) is 17.1 Å². The molecule has 0 radical (unpaired) electrons. The number of amides is 1. The van der Waals surface area contributed by atoms with Crippen molar-refractivity contribution in [3.63, 3.8) is 0 Å². The first kappa shape index (κ1) is 17.3. The zero-order valence-corrected chi connectivity index (χ0v) is 13.4. The third kappa shape index (κ3) is 4.34. The van der Waals surface area contributed by atoms with Crippen LogP contribution < -0.4 is 15.0 Å². The van der Waals surface area contributed by atoms with Crippen molar-refractivity contribution in [1.82, 2.24) is 0 Å². The highest BCUT2D eigenvalue weighted by Gasteiger charge is 2.37. The lowest BCUT2D eigenvalue weighted by Gasteiger charge is -2.44. The number of ether oxygens (including phenoxy) is 1. The van der Waals surface area contributed by atoms with E-state index in [1.54, 1.807) is 45.9 Å². The first-order valence-corrected chi connectivity index (χ1v) is 6.67. The summed E-state index contributed by atoms with van der Waals surface area (Å²) in [6, 6.07) is 5.01. The van der Waals surface area contributed by atoms with Gasteiger partial charge in [0.05, 0.1) is 12.8 Å². The number of aliphatic hydroxyl groups is 2. The van der Waals surface area contributed by atoms with Crippen molar-refractivity contribution in [1.29, 1.82) is 0 Å². The number of hydrogen-bond acceptors (Lipinski definition) is 5. The van der Waals surface area contributed by atoms with Gasteiger partial charge in [-0.05, 0) is 45.9 Å². The van der Waals surface area contributed by atoms with Crippen molar-refractivity contribution in [2.75, 3.05) is 17.3 Å². The number of nitrogens with zero attached hydrogens (tertiary/aromatic N) is 1. The zero-order chi connectivity index (χ0) is 16.4. The maximum Gasteiger partial charge on any atom is 0.221 e. The normalized spacial score (nSPS) is 12.0. The molecule has 0 fully saturated rings. The summed E-state index contributed by atoms with van der Waals surface area (Å²) >= 11 is 0. The van der Waals surface area contributed by atoms with Crippen LogP contribution in [0, 0.1) is 0 Å². The van der Waals surface area contributed by atoms with Gasteiger partial charge in [0.15, 0.2) is 0 Å². The van der Waals surface area contributed by atoms with E-state index >= 15 is 0 Å². The fourth-order valence-corrected chi connectivity index (χ4v) is 2.40. The average molecular weight is 296 g/mol. The molecule has 0 spiro atoms. The van der Waals surface area contributed by atoms with E-state index in [4.69, 9.17) is 4.74 Å². The van der Waals surface area contributed by atoms with Crippen molar-refractivity contribution >= 4 is 17.3 Å². The summed E-state index contributed by atoms with van der Waals surface area (Å²) in [7, 11) is 1.50. The van der Waals surface area contributed by atoms with Crippen LogP contribution in [-0.2, 0) is 4.79 Å². The van der Waals surface area contributed by atoms with E-state index in [1.807, 2.05) is 0 Å². The highest BCUT2D eigenvalue weighted by atomic mass is 16.5. The Morgan fingerprint density at radius 1 is 1.19 bits per heavy atom. The lowest BCUT2D eigenvalue weighted by Crippen LogP contribution is -2.56. The molecule has 6 nitrogen and oxygen atoms in total. The molecule has 0 atom stereocenters. The quantitative estimate of drug-likeness (QED) is 0.723. The molecule has 0 aliphatic rings. The van der Waals surface area contributed by atoms with Crippen LogP contribution in [0.3, 0.4) is 0 Å². The van der Waals surface area contributed by atoms with Gasteiger partial charge >= 0.3 is 0 Å². The van der Waals surface area contributed by atoms with Crippen molar-refractivity contribution in [2.45, 2.75) is 46.1 Å². The predicted molar refractivity (Wildman–Crippen MR) is 82.4 cm³/mol. The standard InChI is InChI=1S/C15H24N2O4/c1-10(18)16-11-7-8-13(21-6)12(9-11)17(14(2,3)19)15(4,5)20/h7-9,19-20H,1-6H3,(H,16,18). The van der Waals surface area contributed by atoms with Crippen LogP contribution in [0.4, 0.5) is 11.4 Å². The molecular formula is C15H24N2O4. The third-order valence-electron chi connectivity index (χ3n) is 2.83. The first-order valence-electron chi connectivity index (χ1n) is 6.67. The predicted octanol–water partition coefficient (Wildman–Crippen LogP) is 1.92. The Kier molecular flexibility index (Phi) is 4.86. The molecule has 3 N–H and O–H groups in total. The molecule has 0 bridgehead atoms. The SMILES string of the molecule is COc1ccc(NC(C)=O)cc1N(C(C)(C)O)C(C)(C)O. The Morgan fingerprint density at radius 3 is 2.10 bits per heavy atom. The summed E-state index contributed by atoms with van der Waals surface area (Å²) in [6.45, 7) is 7.67. The van der Waals surface area contributed by atoms with Crippen molar-refractivity contribution in [3.05, 3.63) is 18.2 Å². The summed E-state index contributed by atoms with van der Waals surface area (Å²) in [4.78, 5) is 12.6. The van der Waals surface area contributed by atoms with Gasteiger partial charge in [0.2, 0.25) is 5.91 Å². The zero-order valence-electron chi connectivity index (χ0n) is 13.4. The Labute approximate surface area is 125 Å². The van der Waals surface area contributed by atoms with Crippen LogP contribution >= 0.6 is 0 Å². The average Bonchev–Trinajstić information content (AvgIpc) is 2.24. The van der Waals surface area contributed by atoms with Gasteiger partial charge in [-0.25, -0.2) is 0 Å². The largest absolute Gasteiger partial charge is 0.495 e. The smallest absolute Gasteiger partial charge is 0.221 e. The van der Waals surface area contributed by atoms with Gasteiger partial charge in [-0.15, -0.1) is 0 Å². The second-order valence-corrected chi connectivity index (χ2v) is 5.89. The molecule has 118 valence electrons. The monoisotopic (exact) mass is 296 g/mol. The molecule has 1 aromatic rings. The molecule has 6 heteroatoms. The Morgan fingerprint density at radius 2 is 1.71 bits per heavy atom. The van der Waals surface area contributed by atoms with E-state index in [0.717, 1.165) is 0 Å².